The molecule has 1 saturated carbocycles. The zero-order chi connectivity index (χ0) is 13.7. The summed E-state index contributed by atoms with van der Waals surface area (Å²) in [5.74, 6) is -1.10. The Labute approximate surface area is 110 Å². The Morgan fingerprint density at radius 2 is 1.84 bits per heavy atom. The van der Waals surface area contributed by atoms with Crippen molar-refractivity contribution in [3.05, 3.63) is 42.1 Å². The molecule has 1 aromatic carbocycles. The van der Waals surface area contributed by atoms with E-state index < -0.39 is 23.4 Å². The highest BCUT2D eigenvalue weighted by Gasteiger charge is 2.12. The normalized spacial score (nSPS) is 15.9. The van der Waals surface area contributed by atoms with Gasteiger partial charge in [-0.1, -0.05) is 25.0 Å². The Balaban J connectivity index is 1.87. The van der Waals surface area contributed by atoms with Crippen molar-refractivity contribution in [1.82, 2.24) is 5.32 Å². The van der Waals surface area contributed by atoms with Gasteiger partial charge in [0.25, 0.3) is 0 Å². The van der Waals surface area contributed by atoms with Gasteiger partial charge in [-0.3, -0.25) is 0 Å². The minimum Gasteiger partial charge on any atom is -0.315 e. The molecule has 0 radical (unpaired) electrons. The second kappa shape index (κ2) is 6.31. The van der Waals surface area contributed by atoms with Crippen molar-refractivity contribution >= 4 is 11.7 Å². The summed E-state index contributed by atoms with van der Waals surface area (Å²) < 4.78 is 26.6. The predicted molar refractivity (Wildman–Crippen MR) is 69.6 cm³/mol. The molecule has 0 spiro atoms. The molecule has 0 aliphatic heterocycles. The molecule has 2 N–H and O–H groups in total. The minimum absolute atomic E-state index is 0.436. The van der Waals surface area contributed by atoms with Gasteiger partial charge in [-0.05, 0) is 30.9 Å². The van der Waals surface area contributed by atoms with Crippen LogP contribution in [0.2, 0.25) is 0 Å². The first kappa shape index (κ1) is 13.5. The van der Waals surface area contributed by atoms with E-state index in [0.29, 0.717) is 5.92 Å². The van der Waals surface area contributed by atoms with E-state index in [-0.39, 0.29) is 0 Å². The fourth-order valence-corrected chi connectivity index (χ4v) is 2.18. The molecular formula is C14H16F2N2O. The Morgan fingerprint density at radius 3 is 2.47 bits per heavy atom. The molecule has 0 aromatic heterocycles. The van der Waals surface area contributed by atoms with Crippen molar-refractivity contribution in [2.75, 3.05) is 5.32 Å². The van der Waals surface area contributed by atoms with E-state index in [9.17, 15) is 13.6 Å². The molecular weight excluding hydrogens is 250 g/mol. The summed E-state index contributed by atoms with van der Waals surface area (Å²) in [5.41, 5.74) is -0.436. The van der Waals surface area contributed by atoms with Gasteiger partial charge < -0.3 is 10.6 Å². The van der Waals surface area contributed by atoms with Crippen LogP contribution in [0.25, 0.3) is 0 Å². The Bertz CT molecular complexity index is 462. The average Bonchev–Trinajstić information content (AvgIpc) is 2.87. The number of anilines is 1. The molecule has 102 valence electrons. The van der Waals surface area contributed by atoms with Gasteiger partial charge >= 0.3 is 6.03 Å². The van der Waals surface area contributed by atoms with Gasteiger partial charge in [-0.15, -0.1) is 0 Å². The number of benzene rings is 1. The third kappa shape index (κ3) is 3.77. The van der Waals surface area contributed by atoms with E-state index in [4.69, 9.17) is 0 Å². The quantitative estimate of drug-likeness (QED) is 0.858. The molecule has 1 aromatic rings. The second-order valence-electron chi connectivity index (χ2n) is 4.60. The number of allylic oxidation sites excluding steroid dienone is 1. The van der Waals surface area contributed by atoms with Gasteiger partial charge in [0.1, 0.15) is 17.3 Å². The molecule has 0 heterocycles. The second-order valence-corrected chi connectivity index (χ2v) is 4.60. The van der Waals surface area contributed by atoms with Crippen LogP contribution in [0, 0.1) is 17.6 Å². The minimum atomic E-state index is -0.796. The zero-order valence-corrected chi connectivity index (χ0v) is 10.5. The summed E-state index contributed by atoms with van der Waals surface area (Å²) in [5, 5.41) is 4.60. The number of halogens is 2. The van der Waals surface area contributed by atoms with E-state index in [2.05, 4.69) is 10.6 Å². The number of para-hydroxylation sites is 1. The number of hydrogen-bond acceptors (Lipinski definition) is 1. The van der Waals surface area contributed by atoms with Crippen LogP contribution in [0.1, 0.15) is 25.7 Å². The predicted octanol–water partition coefficient (Wildman–Crippen LogP) is 3.79. The Morgan fingerprint density at radius 1 is 1.21 bits per heavy atom. The molecule has 1 fully saturated rings. The SMILES string of the molecule is O=C(N/C=C/C1CCCC1)Nc1c(F)cccc1F. The lowest BCUT2D eigenvalue weighted by Gasteiger charge is -2.07. The number of nitrogens with one attached hydrogen (secondary N) is 2. The van der Waals surface area contributed by atoms with Crippen molar-refractivity contribution in [3.8, 4) is 0 Å². The fraction of sp³-hybridized carbons (Fsp3) is 0.357. The van der Waals surface area contributed by atoms with Crippen molar-refractivity contribution in [1.29, 1.82) is 0 Å². The van der Waals surface area contributed by atoms with Crippen LogP contribution in [0.5, 0.6) is 0 Å². The van der Waals surface area contributed by atoms with Crippen LogP contribution in [-0.4, -0.2) is 6.03 Å². The number of urea groups is 1. The average molecular weight is 266 g/mol. The van der Waals surface area contributed by atoms with Gasteiger partial charge in [0, 0.05) is 6.20 Å². The maximum atomic E-state index is 13.3. The van der Waals surface area contributed by atoms with E-state index in [1.165, 1.54) is 25.1 Å². The monoisotopic (exact) mass is 266 g/mol. The van der Waals surface area contributed by atoms with Gasteiger partial charge in [0.05, 0.1) is 0 Å². The molecule has 0 saturated heterocycles. The molecule has 2 rings (SSSR count). The standard InChI is InChI=1S/C14H16F2N2O/c15-11-6-3-7-12(16)13(11)18-14(19)17-9-8-10-4-1-2-5-10/h3,6-10H,1-2,4-5H2,(H2,17,18,19)/b9-8+. The highest BCUT2D eigenvalue weighted by atomic mass is 19.1. The van der Waals surface area contributed by atoms with Gasteiger partial charge in [-0.25, -0.2) is 13.6 Å². The van der Waals surface area contributed by atoms with Crippen LogP contribution >= 0.6 is 0 Å². The first-order valence-electron chi connectivity index (χ1n) is 6.35. The number of amides is 2. The van der Waals surface area contributed by atoms with Crippen LogP contribution in [0.4, 0.5) is 19.3 Å². The van der Waals surface area contributed by atoms with Crippen molar-refractivity contribution in [3.63, 3.8) is 0 Å². The lowest BCUT2D eigenvalue weighted by molar-refractivity contribution is 0.254. The Kier molecular flexibility index (Phi) is 4.49. The highest BCUT2D eigenvalue weighted by Crippen LogP contribution is 2.25. The largest absolute Gasteiger partial charge is 0.323 e. The van der Waals surface area contributed by atoms with Crippen LogP contribution in [0.3, 0.4) is 0 Å². The summed E-state index contributed by atoms with van der Waals surface area (Å²) in [6, 6.07) is 2.77. The highest BCUT2D eigenvalue weighted by molar-refractivity contribution is 5.90. The molecule has 19 heavy (non-hydrogen) atoms. The fourth-order valence-electron chi connectivity index (χ4n) is 2.18. The molecule has 1 aliphatic carbocycles. The molecule has 0 atom stereocenters. The number of rotatable bonds is 3. The molecule has 3 nitrogen and oxygen atoms in total. The number of carbonyl (C=O) groups excluding carboxylic acids is 1. The molecule has 1 aliphatic rings. The van der Waals surface area contributed by atoms with E-state index in [0.717, 1.165) is 25.0 Å². The molecule has 5 heteroatoms. The summed E-state index contributed by atoms with van der Waals surface area (Å²) in [6.07, 6.45) is 8.13. The molecule has 0 bridgehead atoms. The van der Waals surface area contributed by atoms with Crippen LogP contribution < -0.4 is 10.6 Å². The van der Waals surface area contributed by atoms with E-state index >= 15 is 0 Å². The third-order valence-electron chi connectivity index (χ3n) is 3.18. The van der Waals surface area contributed by atoms with Crippen LogP contribution in [0.15, 0.2) is 30.5 Å². The summed E-state index contributed by atoms with van der Waals surface area (Å²) >= 11 is 0. The van der Waals surface area contributed by atoms with Crippen molar-refractivity contribution in [2.24, 2.45) is 5.92 Å². The smallest absolute Gasteiger partial charge is 0.315 e. The number of hydrogen-bond donors (Lipinski definition) is 2. The summed E-state index contributed by atoms with van der Waals surface area (Å²) in [4.78, 5) is 11.5. The molecule has 0 unspecified atom stereocenters. The summed E-state index contributed by atoms with van der Waals surface area (Å²) in [6.45, 7) is 0. The van der Waals surface area contributed by atoms with Crippen molar-refractivity contribution in [2.45, 2.75) is 25.7 Å². The van der Waals surface area contributed by atoms with Crippen molar-refractivity contribution < 1.29 is 13.6 Å². The first-order chi connectivity index (χ1) is 9.16. The third-order valence-corrected chi connectivity index (χ3v) is 3.18. The molecule has 2 amide bonds. The maximum Gasteiger partial charge on any atom is 0.323 e. The zero-order valence-electron chi connectivity index (χ0n) is 10.5. The Hall–Kier alpha value is -1.91. The van der Waals surface area contributed by atoms with Gasteiger partial charge in [0.15, 0.2) is 0 Å². The maximum absolute atomic E-state index is 13.3. The number of carbonyl (C=O) groups is 1. The summed E-state index contributed by atoms with van der Waals surface area (Å²) in [7, 11) is 0. The first-order valence-corrected chi connectivity index (χ1v) is 6.35. The van der Waals surface area contributed by atoms with E-state index in [1.54, 1.807) is 0 Å². The lowest BCUT2D eigenvalue weighted by Crippen LogP contribution is -2.25. The topological polar surface area (TPSA) is 41.1 Å². The van der Waals surface area contributed by atoms with Gasteiger partial charge in [-0.2, -0.15) is 0 Å². The van der Waals surface area contributed by atoms with Crippen LogP contribution in [-0.2, 0) is 0 Å². The lowest BCUT2D eigenvalue weighted by atomic mass is 10.1. The van der Waals surface area contributed by atoms with E-state index in [1.807, 2.05) is 6.08 Å². The van der Waals surface area contributed by atoms with Gasteiger partial charge in [0.2, 0.25) is 0 Å².